The first kappa shape index (κ1) is 21.3. The van der Waals surface area contributed by atoms with E-state index in [-0.39, 0.29) is 23.4 Å². The smallest absolute Gasteiger partial charge is 0.243 e. The minimum Gasteiger partial charge on any atom is -0.376 e. The summed E-state index contributed by atoms with van der Waals surface area (Å²) in [6.07, 6.45) is 1.04. The van der Waals surface area contributed by atoms with Crippen molar-refractivity contribution in [3.05, 3.63) is 89.2 Å². The fourth-order valence-corrected chi connectivity index (χ4v) is 2.97. The molecule has 0 spiro atoms. The maximum absolute atomic E-state index is 13.2. The van der Waals surface area contributed by atoms with Gasteiger partial charge in [0, 0.05) is 23.5 Å². The molecule has 3 rings (SSSR count). The van der Waals surface area contributed by atoms with Gasteiger partial charge in [-0.25, -0.2) is 4.39 Å². The summed E-state index contributed by atoms with van der Waals surface area (Å²) in [4.78, 5) is 24.3. The highest BCUT2D eigenvalue weighted by Gasteiger charge is 2.07. The first-order valence-corrected chi connectivity index (χ1v) is 9.80. The van der Waals surface area contributed by atoms with Crippen LogP contribution in [0.3, 0.4) is 0 Å². The van der Waals surface area contributed by atoms with E-state index >= 15 is 0 Å². The van der Waals surface area contributed by atoms with Gasteiger partial charge in [0.25, 0.3) is 0 Å². The van der Waals surface area contributed by atoms with E-state index in [1.807, 2.05) is 30.3 Å². The first-order valence-electron chi connectivity index (χ1n) is 9.42. The Hall–Kier alpha value is -3.38. The molecular formula is C23H21ClFN3O2. The van der Waals surface area contributed by atoms with Crippen LogP contribution in [0.5, 0.6) is 0 Å². The molecule has 0 heterocycles. The third-order valence-electron chi connectivity index (χ3n) is 4.29. The fraction of sp³-hybridized carbons (Fsp3) is 0.130. The molecule has 0 radical (unpaired) electrons. The summed E-state index contributed by atoms with van der Waals surface area (Å²) in [5, 5.41) is 8.43. The lowest BCUT2D eigenvalue weighted by atomic mass is 10.1. The Morgan fingerprint density at radius 3 is 2.27 bits per heavy atom. The van der Waals surface area contributed by atoms with E-state index in [2.05, 4.69) is 16.0 Å². The standard InChI is InChI=1S/C23H21ClFN3O2/c24-20-14-19(10-11-21(20)25)28-23(30)15-26-17-7-4-8-18(13-17)27-22(29)12-9-16-5-2-1-3-6-16/h1-8,10-11,13-14,26H,9,12,15H2,(H,27,29)(H,28,30). The number of anilines is 3. The second-order valence-electron chi connectivity index (χ2n) is 6.65. The SMILES string of the molecule is O=C(CCc1ccccc1)Nc1cccc(NCC(=O)Nc2ccc(F)c(Cl)c2)c1. The number of amides is 2. The van der Waals surface area contributed by atoms with E-state index in [0.717, 1.165) is 5.56 Å². The molecule has 0 atom stereocenters. The lowest BCUT2D eigenvalue weighted by molar-refractivity contribution is -0.116. The van der Waals surface area contributed by atoms with Gasteiger partial charge in [-0.05, 0) is 48.4 Å². The van der Waals surface area contributed by atoms with Crippen molar-refractivity contribution in [1.29, 1.82) is 0 Å². The molecule has 0 aromatic heterocycles. The van der Waals surface area contributed by atoms with Crippen LogP contribution in [0.4, 0.5) is 21.5 Å². The molecule has 0 aliphatic rings. The molecule has 3 aromatic carbocycles. The number of halogens is 2. The number of hydrogen-bond acceptors (Lipinski definition) is 3. The third kappa shape index (κ3) is 6.60. The van der Waals surface area contributed by atoms with Crippen molar-refractivity contribution < 1.29 is 14.0 Å². The van der Waals surface area contributed by atoms with E-state index in [1.54, 1.807) is 24.3 Å². The largest absolute Gasteiger partial charge is 0.376 e. The molecular weight excluding hydrogens is 405 g/mol. The lowest BCUT2D eigenvalue weighted by Crippen LogP contribution is -2.21. The monoisotopic (exact) mass is 425 g/mol. The molecule has 30 heavy (non-hydrogen) atoms. The van der Waals surface area contributed by atoms with E-state index in [4.69, 9.17) is 11.6 Å². The number of rotatable bonds is 8. The van der Waals surface area contributed by atoms with Crippen LogP contribution >= 0.6 is 11.6 Å². The second-order valence-corrected chi connectivity index (χ2v) is 7.05. The predicted octanol–water partition coefficient (Wildman–Crippen LogP) is 5.10. The summed E-state index contributed by atoms with van der Waals surface area (Å²) in [5.41, 5.74) is 2.84. The summed E-state index contributed by atoms with van der Waals surface area (Å²) in [7, 11) is 0. The lowest BCUT2D eigenvalue weighted by Gasteiger charge is -2.10. The van der Waals surface area contributed by atoms with Gasteiger partial charge < -0.3 is 16.0 Å². The van der Waals surface area contributed by atoms with E-state index in [0.29, 0.717) is 29.9 Å². The Morgan fingerprint density at radius 2 is 1.50 bits per heavy atom. The molecule has 0 bridgehead atoms. The minimum absolute atomic E-state index is 0.000399. The average molecular weight is 426 g/mol. The van der Waals surface area contributed by atoms with Gasteiger partial charge in [-0.2, -0.15) is 0 Å². The Bertz CT molecular complexity index is 1030. The van der Waals surface area contributed by atoms with Crippen LogP contribution in [-0.2, 0) is 16.0 Å². The predicted molar refractivity (Wildman–Crippen MR) is 118 cm³/mol. The van der Waals surface area contributed by atoms with Crippen LogP contribution < -0.4 is 16.0 Å². The minimum atomic E-state index is -0.546. The fourth-order valence-electron chi connectivity index (χ4n) is 2.79. The van der Waals surface area contributed by atoms with Crippen molar-refractivity contribution in [3.63, 3.8) is 0 Å². The number of nitrogens with one attached hydrogen (secondary N) is 3. The van der Waals surface area contributed by atoms with Gasteiger partial charge >= 0.3 is 0 Å². The van der Waals surface area contributed by atoms with Crippen molar-refractivity contribution in [2.24, 2.45) is 0 Å². The molecule has 0 aliphatic heterocycles. The third-order valence-corrected chi connectivity index (χ3v) is 4.58. The van der Waals surface area contributed by atoms with Crippen molar-refractivity contribution >= 4 is 40.5 Å². The zero-order valence-electron chi connectivity index (χ0n) is 16.1. The van der Waals surface area contributed by atoms with Crippen LogP contribution in [0.15, 0.2) is 72.8 Å². The molecule has 5 nitrogen and oxygen atoms in total. The topological polar surface area (TPSA) is 70.2 Å². The maximum Gasteiger partial charge on any atom is 0.243 e. The number of hydrogen-bond donors (Lipinski definition) is 3. The van der Waals surface area contributed by atoms with Gasteiger partial charge in [0.1, 0.15) is 5.82 Å². The zero-order valence-corrected chi connectivity index (χ0v) is 16.9. The van der Waals surface area contributed by atoms with Gasteiger partial charge in [0.05, 0.1) is 11.6 Å². The summed E-state index contributed by atoms with van der Waals surface area (Å²) < 4.78 is 13.2. The molecule has 154 valence electrons. The Morgan fingerprint density at radius 1 is 0.800 bits per heavy atom. The van der Waals surface area contributed by atoms with Crippen LogP contribution in [0.25, 0.3) is 0 Å². The van der Waals surface area contributed by atoms with Crippen LogP contribution in [0, 0.1) is 5.82 Å². The number of carbonyl (C=O) groups is 2. The number of benzene rings is 3. The van der Waals surface area contributed by atoms with Gasteiger partial charge in [0.15, 0.2) is 0 Å². The van der Waals surface area contributed by atoms with Crippen LogP contribution in [0.1, 0.15) is 12.0 Å². The van der Waals surface area contributed by atoms with Crippen molar-refractivity contribution in [2.75, 3.05) is 22.5 Å². The molecule has 0 unspecified atom stereocenters. The van der Waals surface area contributed by atoms with Gasteiger partial charge in [0.2, 0.25) is 11.8 Å². The first-order chi connectivity index (χ1) is 14.5. The van der Waals surface area contributed by atoms with Crippen molar-refractivity contribution in [1.82, 2.24) is 0 Å². The molecule has 0 aliphatic carbocycles. The highest BCUT2D eigenvalue weighted by Crippen LogP contribution is 2.19. The van der Waals surface area contributed by atoms with Gasteiger partial charge in [-0.1, -0.05) is 48.0 Å². The molecule has 0 saturated heterocycles. The highest BCUT2D eigenvalue weighted by molar-refractivity contribution is 6.31. The quantitative estimate of drug-likeness (QED) is 0.470. The Balaban J connectivity index is 1.48. The van der Waals surface area contributed by atoms with E-state index in [9.17, 15) is 14.0 Å². The summed E-state index contributed by atoms with van der Waals surface area (Å²) in [6.45, 7) is 0.000399. The Kier molecular flexibility index (Phi) is 7.40. The normalized spacial score (nSPS) is 10.3. The second kappa shape index (κ2) is 10.4. The average Bonchev–Trinajstić information content (AvgIpc) is 2.74. The maximum atomic E-state index is 13.2. The van der Waals surface area contributed by atoms with Crippen LogP contribution in [0.2, 0.25) is 5.02 Å². The molecule has 3 aromatic rings. The molecule has 7 heteroatoms. The molecule has 0 fully saturated rings. The molecule has 0 saturated carbocycles. The molecule has 2 amide bonds. The number of carbonyl (C=O) groups excluding carboxylic acids is 2. The summed E-state index contributed by atoms with van der Waals surface area (Å²) in [5.74, 6) is -0.938. The van der Waals surface area contributed by atoms with Gasteiger partial charge in [-0.3, -0.25) is 9.59 Å². The zero-order chi connectivity index (χ0) is 21.3. The van der Waals surface area contributed by atoms with Crippen LogP contribution in [-0.4, -0.2) is 18.4 Å². The van der Waals surface area contributed by atoms with E-state index < -0.39 is 5.82 Å². The number of aryl methyl sites for hydroxylation is 1. The molecule has 3 N–H and O–H groups in total. The van der Waals surface area contributed by atoms with Crippen molar-refractivity contribution in [3.8, 4) is 0 Å². The Labute approximate surface area is 179 Å². The highest BCUT2D eigenvalue weighted by atomic mass is 35.5. The van der Waals surface area contributed by atoms with E-state index in [1.165, 1.54) is 18.2 Å². The van der Waals surface area contributed by atoms with Crippen molar-refractivity contribution in [2.45, 2.75) is 12.8 Å². The summed E-state index contributed by atoms with van der Waals surface area (Å²) in [6, 6.07) is 20.9. The summed E-state index contributed by atoms with van der Waals surface area (Å²) >= 11 is 5.71. The van der Waals surface area contributed by atoms with Gasteiger partial charge in [-0.15, -0.1) is 0 Å².